The van der Waals surface area contributed by atoms with Gasteiger partial charge >= 0.3 is 0 Å². The molecular weight excluding hydrogens is 252 g/mol. The summed E-state index contributed by atoms with van der Waals surface area (Å²) in [6.07, 6.45) is 7.97. The van der Waals surface area contributed by atoms with Crippen LogP contribution in [0.1, 0.15) is 31.0 Å². The van der Waals surface area contributed by atoms with Gasteiger partial charge in [-0.25, -0.2) is 0 Å². The zero-order chi connectivity index (χ0) is 14.4. The summed E-state index contributed by atoms with van der Waals surface area (Å²) in [6, 6.07) is 5.88. The van der Waals surface area contributed by atoms with Crippen LogP contribution < -0.4 is 16.0 Å². The fraction of sp³-hybridized carbons (Fsp3) is 0.333. The van der Waals surface area contributed by atoms with Crippen molar-refractivity contribution in [3.63, 3.8) is 0 Å². The van der Waals surface area contributed by atoms with E-state index < -0.39 is 0 Å². The van der Waals surface area contributed by atoms with Gasteiger partial charge in [-0.1, -0.05) is 6.07 Å². The van der Waals surface area contributed by atoms with Crippen molar-refractivity contribution in [2.24, 2.45) is 5.84 Å². The van der Waals surface area contributed by atoms with Crippen LogP contribution in [-0.2, 0) is 6.42 Å². The van der Waals surface area contributed by atoms with Crippen molar-refractivity contribution in [2.75, 3.05) is 0 Å². The maximum Gasteiger partial charge on any atom is 0.138 e. The van der Waals surface area contributed by atoms with Crippen molar-refractivity contribution in [1.29, 1.82) is 0 Å². The van der Waals surface area contributed by atoms with Crippen molar-refractivity contribution in [1.82, 2.24) is 15.4 Å². The van der Waals surface area contributed by atoms with Gasteiger partial charge in [0, 0.05) is 18.6 Å². The number of pyridine rings is 2. The van der Waals surface area contributed by atoms with Crippen LogP contribution in [0.15, 0.2) is 43.0 Å². The van der Waals surface area contributed by atoms with Gasteiger partial charge in [-0.2, -0.15) is 0 Å². The molecule has 0 spiro atoms. The fourth-order valence-corrected chi connectivity index (χ4v) is 1.99. The molecule has 2 heterocycles. The average Bonchev–Trinajstić information content (AvgIpc) is 2.45. The van der Waals surface area contributed by atoms with E-state index in [4.69, 9.17) is 10.6 Å². The summed E-state index contributed by atoms with van der Waals surface area (Å²) < 4.78 is 5.66. The van der Waals surface area contributed by atoms with Crippen molar-refractivity contribution in [3.8, 4) is 5.75 Å². The van der Waals surface area contributed by atoms with Crippen LogP contribution in [0.5, 0.6) is 5.75 Å². The van der Waals surface area contributed by atoms with Crippen LogP contribution in [0.2, 0.25) is 0 Å². The number of nitrogens with two attached hydrogens (primary N) is 1. The van der Waals surface area contributed by atoms with Crippen LogP contribution in [0.3, 0.4) is 0 Å². The highest BCUT2D eigenvalue weighted by atomic mass is 16.5. The molecule has 0 radical (unpaired) electrons. The van der Waals surface area contributed by atoms with Gasteiger partial charge < -0.3 is 4.74 Å². The van der Waals surface area contributed by atoms with Gasteiger partial charge in [-0.05, 0) is 43.5 Å². The summed E-state index contributed by atoms with van der Waals surface area (Å²) in [7, 11) is 0. The zero-order valence-electron chi connectivity index (χ0n) is 11.8. The Morgan fingerprint density at radius 2 is 2.10 bits per heavy atom. The molecule has 20 heavy (non-hydrogen) atoms. The van der Waals surface area contributed by atoms with Gasteiger partial charge in [0.15, 0.2) is 0 Å². The highest BCUT2D eigenvalue weighted by molar-refractivity contribution is 5.27. The Bertz CT molecular complexity index is 530. The Morgan fingerprint density at radius 3 is 2.75 bits per heavy atom. The lowest BCUT2D eigenvalue weighted by molar-refractivity contribution is 0.241. The van der Waals surface area contributed by atoms with E-state index in [0.717, 1.165) is 23.3 Å². The lowest BCUT2D eigenvalue weighted by Crippen LogP contribution is -2.29. The molecule has 0 aromatic carbocycles. The predicted molar refractivity (Wildman–Crippen MR) is 78.0 cm³/mol. The molecule has 5 nitrogen and oxygen atoms in total. The van der Waals surface area contributed by atoms with Crippen LogP contribution in [0, 0.1) is 0 Å². The van der Waals surface area contributed by atoms with E-state index in [1.165, 1.54) is 0 Å². The molecule has 1 unspecified atom stereocenters. The fourth-order valence-electron chi connectivity index (χ4n) is 1.99. The summed E-state index contributed by atoms with van der Waals surface area (Å²) >= 11 is 0. The van der Waals surface area contributed by atoms with Crippen molar-refractivity contribution in [3.05, 3.63) is 54.1 Å². The first-order chi connectivity index (χ1) is 9.69. The van der Waals surface area contributed by atoms with Gasteiger partial charge in [0.2, 0.25) is 0 Å². The highest BCUT2D eigenvalue weighted by Gasteiger charge is 2.12. The molecular formula is C15H20N4O. The molecule has 1 atom stereocenters. The van der Waals surface area contributed by atoms with Gasteiger partial charge in [0.1, 0.15) is 5.75 Å². The summed E-state index contributed by atoms with van der Waals surface area (Å²) in [6.45, 7) is 3.97. The molecule has 0 amide bonds. The third-order valence-corrected chi connectivity index (χ3v) is 2.87. The molecule has 3 N–H and O–H groups in total. The van der Waals surface area contributed by atoms with E-state index >= 15 is 0 Å². The monoisotopic (exact) mass is 272 g/mol. The topological polar surface area (TPSA) is 73.1 Å². The van der Waals surface area contributed by atoms with Gasteiger partial charge in [-0.15, -0.1) is 0 Å². The van der Waals surface area contributed by atoms with Crippen LogP contribution >= 0.6 is 0 Å². The predicted octanol–water partition coefficient (Wildman–Crippen LogP) is 2.01. The largest absolute Gasteiger partial charge is 0.489 e. The summed E-state index contributed by atoms with van der Waals surface area (Å²) in [5, 5.41) is 0. The maximum atomic E-state index is 5.66. The lowest BCUT2D eigenvalue weighted by Gasteiger charge is -2.17. The minimum absolute atomic E-state index is 0.0255. The lowest BCUT2D eigenvalue weighted by atomic mass is 10.0. The third-order valence-electron chi connectivity index (χ3n) is 2.87. The van der Waals surface area contributed by atoms with Crippen molar-refractivity contribution < 1.29 is 4.74 Å². The van der Waals surface area contributed by atoms with Crippen LogP contribution in [-0.4, -0.2) is 16.1 Å². The molecule has 2 rings (SSSR count). The Labute approximate surface area is 119 Å². The molecule has 0 bridgehead atoms. The first-order valence-corrected chi connectivity index (χ1v) is 6.65. The minimum atomic E-state index is -0.0255. The summed E-state index contributed by atoms with van der Waals surface area (Å²) in [5.74, 6) is 6.42. The number of rotatable bonds is 6. The van der Waals surface area contributed by atoms with Gasteiger partial charge in [0.25, 0.3) is 0 Å². The Balaban J connectivity index is 2.15. The number of ether oxygens (including phenoxy) is 1. The van der Waals surface area contributed by atoms with E-state index in [1.807, 2.05) is 38.2 Å². The first kappa shape index (κ1) is 14.4. The second kappa shape index (κ2) is 6.98. The number of hydrogen-bond donors (Lipinski definition) is 2. The van der Waals surface area contributed by atoms with E-state index in [9.17, 15) is 0 Å². The molecule has 106 valence electrons. The standard InChI is InChI=1S/C15H20N4O/c1-11(2)20-14-7-13(9-18-10-14)15(19-16)6-12-4-3-5-17-8-12/h3-5,7-11,15,19H,6,16H2,1-2H3. The van der Waals surface area contributed by atoms with E-state index in [-0.39, 0.29) is 12.1 Å². The zero-order valence-corrected chi connectivity index (χ0v) is 11.8. The minimum Gasteiger partial charge on any atom is -0.489 e. The molecule has 0 aliphatic heterocycles. The van der Waals surface area contributed by atoms with E-state index in [0.29, 0.717) is 0 Å². The number of nitrogens with one attached hydrogen (secondary N) is 1. The van der Waals surface area contributed by atoms with Crippen molar-refractivity contribution >= 4 is 0 Å². The molecule has 0 aliphatic carbocycles. The molecule has 5 heteroatoms. The molecule has 0 saturated carbocycles. The van der Waals surface area contributed by atoms with Crippen molar-refractivity contribution in [2.45, 2.75) is 32.4 Å². The van der Waals surface area contributed by atoms with Crippen LogP contribution in [0.4, 0.5) is 0 Å². The maximum absolute atomic E-state index is 5.66. The number of hydrazine groups is 1. The number of aromatic nitrogens is 2. The molecule has 0 aliphatic rings. The molecule has 0 saturated heterocycles. The molecule has 2 aromatic heterocycles. The quantitative estimate of drug-likeness (QED) is 0.621. The third kappa shape index (κ3) is 4.01. The number of hydrogen-bond acceptors (Lipinski definition) is 5. The highest BCUT2D eigenvalue weighted by Crippen LogP contribution is 2.21. The summed E-state index contributed by atoms with van der Waals surface area (Å²) in [5.41, 5.74) is 4.94. The summed E-state index contributed by atoms with van der Waals surface area (Å²) in [4.78, 5) is 8.33. The first-order valence-electron chi connectivity index (χ1n) is 6.65. The van der Waals surface area contributed by atoms with E-state index in [1.54, 1.807) is 18.6 Å². The van der Waals surface area contributed by atoms with E-state index in [2.05, 4.69) is 15.4 Å². The second-order valence-electron chi connectivity index (χ2n) is 4.91. The van der Waals surface area contributed by atoms with Gasteiger partial charge in [-0.3, -0.25) is 21.2 Å². The smallest absolute Gasteiger partial charge is 0.138 e. The number of nitrogens with zero attached hydrogens (tertiary/aromatic N) is 2. The molecule has 0 fully saturated rings. The van der Waals surface area contributed by atoms with Crippen LogP contribution in [0.25, 0.3) is 0 Å². The molecule has 2 aromatic rings. The Hall–Kier alpha value is -1.98. The second-order valence-corrected chi connectivity index (χ2v) is 4.91. The Morgan fingerprint density at radius 1 is 1.25 bits per heavy atom. The Kier molecular flexibility index (Phi) is 5.03. The normalized spacial score (nSPS) is 12.4. The average molecular weight is 272 g/mol. The van der Waals surface area contributed by atoms with Gasteiger partial charge in [0.05, 0.1) is 18.3 Å². The SMILES string of the molecule is CC(C)Oc1cncc(C(Cc2cccnc2)NN)c1.